The number of alkyl halides is 2. The molecule has 0 amide bonds. The second kappa shape index (κ2) is 7.13. The van der Waals surface area contributed by atoms with E-state index in [1.807, 2.05) is 19.1 Å². The molecule has 0 bridgehead atoms. The third-order valence-corrected chi connectivity index (χ3v) is 3.04. The fourth-order valence-corrected chi connectivity index (χ4v) is 2.02. The summed E-state index contributed by atoms with van der Waals surface area (Å²) < 4.78 is 5.66. The van der Waals surface area contributed by atoms with E-state index in [0.29, 0.717) is 12.5 Å². The monoisotopic (exact) mass is 290 g/mol. The van der Waals surface area contributed by atoms with Crippen LogP contribution in [-0.2, 0) is 12.3 Å². The van der Waals surface area contributed by atoms with E-state index < -0.39 is 0 Å². The molecule has 0 fully saturated rings. The van der Waals surface area contributed by atoms with E-state index in [1.165, 1.54) is 5.56 Å². The molecule has 0 N–H and O–H groups in total. The van der Waals surface area contributed by atoms with Crippen LogP contribution in [0.3, 0.4) is 0 Å². The van der Waals surface area contributed by atoms with Gasteiger partial charge in [0.2, 0.25) is 0 Å². The molecule has 0 aromatic heterocycles. The smallest absolute Gasteiger partial charge is 0.126 e. The molecule has 15 heavy (non-hydrogen) atoms. The SMILES string of the molecule is CCOc1c(CCl)cccc1CCCBr. The van der Waals surface area contributed by atoms with Gasteiger partial charge in [0, 0.05) is 10.9 Å². The van der Waals surface area contributed by atoms with Crippen LogP contribution >= 0.6 is 27.5 Å². The Labute approximate surface area is 105 Å². The molecule has 0 spiro atoms. The Hall–Kier alpha value is -0.210. The molecule has 0 aliphatic carbocycles. The number of aryl methyl sites for hydroxylation is 1. The molecule has 0 aliphatic heterocycles. The maximum atomic E-state index is 5.88. The zero-order chi connectivity index (χ0) is 11.1. The Bertz CT molecular complexity index is 302. The lowest BCUT2D eigenvalue weighted by molar-refractivity contribution is 0.333. The Morgan fingerprint density at radius 3 is 2.67 bits per heavy atom. The highest BCUT2D eigenvalue weighted by Crippen LogP contribution is 2.26. The first-order valence-corrected chi connectivity index (χ1v) is 6.84. The quantitative estimate of drug-likeness (QED) is 0.715. The Morgan fingerprint density at radius 1 is 1.33 bits per heavy atom. The summed E-state index contributed by atoms with van der Waals surface area (Å²) >= 11 is 9.32. The van der Waals surface area contributed by atoms with Gasteiger partial charge >= 0.3 is 0 Å². The lowest BCUT2D eigenvalue weighted by Crippen LogP contribution is -2.00. The van der Waals surface area contributed by atoms with Gasteiger partial charge in [-0.1, -0.05) is 34.1 Å². The van der Waals surface area contributed by atoms with Crippen molar-refractivity contribution in [2.24, 2.45) is 0 Å². The van der Waals surface area contributed by atoms with Gasteiger partial charge in [-0.2, -0.15) is 0 Å². The minimum Gasteiger partial charge on any atom is -0.493 e. The van der Waals surface area contributed by atoms with Crippen LogP contribution in [0, 0.1) is 0 Å². The fraction of sp³-hybridized carbons (Fsp3) is 0.500. The molecule has 0 atom stereocenters. The van der Waals surface area contributed by atoms with Crippen LogP contribution in [0.4, 0.5) is 0 Å². The number of hydrogen-bond donors (Lipinski definition) is 0. The zero-order valence-electron chi connectivity index (χ0n) is 8.93. The van der Waals surface area contributed by atoms with Crippen molar-refractivity contribution >= 4 is 27.5 Å². The van der Waals surface area contributed by atoms with Crippen LogP contribution in [0.1, 0.15) is 24.5 Å². The van der Waals surface area contributed by atoms with Gasteiger partial charge in [-0.15, -0.1) is 11.6 Å². The number of ether oxygens (including phenoxy) is 1. The van der Waals surface area contributed by atoms with E-state index in [4.69, 9.17) is 16.3 Å². The first-order valence-electron chi connectivity index (χ1n) is 5.19. The minimum absolute atomic E-state index is 0.511. The number of para-hydroxylation sites is 1. The van der Waals surface area contributed by atoms with Crippen LogP contribution in [-0.4, -0.2) is 11.9 Å². The van der Waals surface area contributed by atoms with E-state index in [2.05, 4.69) is 22.0 Å². The summed E-state index contributed by atoms with van der Waals surface area (Å²) in [5, 5.41) is 1.02. The number of benzene rings is 1. The van der Waals surface area contributed by atoms with Gasteiger partial charge in [-0.3, -0.25) is 0 Å². The molecule has 0 saturated heterocycles. The molecule has 84 valence electrons. The number of halogens is 2. The maximum Gasteiger partial charge on any atom is 0.126 e. The third kappa shape index (κ3) is 3.69. The molecule has 1 rings (SSSR count). The first kappa shape index (κ1) is 12.9. The van der Waals surface area contributed by atoms with Gasteiger partial charge in [0.05, 0.1) is 12.5 Å². The topological polar surface area (TPSA) is 9.23 Å². The van der Waals surface area contributed by atoms with Crippen molar-refractivity contribution in [2.75, 3.05) is 11.9 Å². The van der Waals surface area contributed by atoms with E-state index in [1.54, 1.807) is 0 Å². The van der Waals surface area contributed by atoms with Crippen molar-refractivity contribution in [1.29, 1.82) is 0 Å². The highest BCUT2D eigenvalue weighted by molar-refractivity contribution is 9.09. The molecular formula is C12H16BrClO. The summed E-state index contributed by atoms with van der Waals surface area (Å²) in [6.45, 7) is 2.69. The molecule has 1 nitrogen and oxygen atoms in total. The summed E-state index contributed by atoms with van der Waals surface area (Å²) in [5.74, 6) is 1.49. The van der Waals surface area contributed by atoms with Crippen molar-refractivity contribution in [1.82, 2.24) is 0 Å². The Balaban J connectivity index is 2.90. The maximum absolute atomic E-state index is 5.88. The minimum atomic E-state index is 0.511. The lowest BCUT2D eigenvalue weighted by atomic mass is 10.1. The number of rotatable bonds is 6. The normalized spacial score (nSPS) is 10.3. The summed E-state index contributed by atoms with van der Waals surface area (Å²) in [4.78, 5) is 0. The average molecular weight is 292 g/mol. The number of hydrogen-bond acceptors (Lipinski definition) is 1. The van der Waals surface area contributed by atoms with E-state index in [9.17, 15) is 0 Å². The van der Waals surface area contributed by atoms with Crippen LogP contribution < -0.4 is 4.74 Å². The summed E-state index contributed by atoms with van der Waals surface area (Å²) in [6, 6.07) is 6.18. The van der Waals surface area contributed by atoms with E-state index in [0.717, 1.165) is 29.5 Å². The van der Waals surface area contributed by atoms with Crippen molar-refractivity contribution in [3.05, 3.63) is 29.3 Å². The zero-order valence-corrected chi connectivity index (χ0v) is 11.3. The van der Waals surface area contributed by atoms with E-state index in [-0.39, 0.29) is 0 Å². The van der Waals surface area contributed by atoms with Gasteiger partial charge in [0.1, 0.15) is 5.75 Å². The van der Waals surface area contributed by atoms with Gasteiger partial charge in [0.25, 0.3) is 0 Å². The molecule has 0 radical (unpaired) electrons. The van der Waals surface area contributed by atoms with Gasteiger partial charge in [-0.25, -0.2) is 0 Å². The van der Waals surface area contributed by atoms with Crippen LogP contribution in [0.5, 0.6) is 5.75 Å². The molecule has 1 aromatic rings. The van der Waals surface area contributed by atoms with Crippen molar-refractivity contribution in [3.8, 4) is 5.75 Å². The van der Waals surface area contributed by atoms with Crippen LogP contribution in [0.2, 0.25) is 0 Å². The van der Waals surface area contributed by atoms with Crippen LogP contribution in [0.25, 0.3) is 0 Å². The molecule has 1 aromatic carbocycles. The van der Waals surface area contributed by atoms with Gasteiger partial charge < -0.3 is 4.74 Å². The predicted octanol–water partition coefficient (Wildman–Crippen LogP) is 4.15. The molecular weight excluding hydrogens is 275 g/mol. The predicted molar refractivity (Wildman–Crippen MR) is 69.3 cm³/mol. The van der Waals surface area contributed by atoms with Crippen molar-refractivity contribution in [2.45, 2.75) is 25.6 Å². The summed E-state index contributed by atoms with van der Waals surface area (Å²) in [7, 11) is 0. The van der Waals surface area contributed by atoms with Gasteiger partial charge in [-0.05, 0) is 25.3 Å². The standard InChI is InChI=1S/C12H16BrClO/c1-2-15-12-10(7-4-8-13)5-3-6-11(12)9-14/h3,5-6H,2,4,7-9H2,1H3. The fourth-order valence-electron chi connectivity index (χ4n) is 1.53. The molecule has 0 aliphatic rings. The van der Waals surface area contributed by atoms with Gasteiger partial charge in [0.15, 0.2) is 0 Å². The van der Waals surface area contributed by atoms with E-state index >= 15 is 0 Å². The Morgan fingerprint density at radius 2 is 2.07 bits per heavy atom. The molecule has 0 heterocycles. The average Bonchev–Trinajstić information content (AvgIpc) is 2.28. The van der Waals surface area contributed by atoms with Crippen molar-refractivity contribution < 1.29 is 4.74 Å². The molecule has 3 heteroatoms. The lowest BCUT2D eigenvalue weighted by Gasteiger charge is -2.13. The first-order chi connectivity index (χ1) is 7.33. The molecule has 0 saturated carbocycles. The highest BCUT2D eigenvalue weighted by Gasteiger charge is 2.08. The third-order valence-electron chi connectivity index (χ3n) is 2.19. The summed E-state index contributed by atoms with van der Waals surface area (Å²) in [6.07, 6.45) is 2.15. The highest BCUT2D eigenvalue weighted by atomic mass is 79.9. The largest absolute Gasteiger partial charge is 0.493 e. The molecule has 0 unspecified atom stereocenters. The van der Waals surface area contributed by atoms with Crippen molar-refractivity contribution in [3.63, 3.8) is 0 Å². The second-order valence-corrected chi connectivity index (χ2v) is 4.32. The Kier molecular flexibility index (Phi) is 6.11. The second-order valence-electron chi connectivity index (χ2n) is 3.26. The summed E-state index contributed by atoms with van der Waals surface area (Å²) in [5.41, 5.74) is 2.35. The van der Waals surface area contributed by atoms with Crippen LogP contribution in [0.15, 0.2) is 18.2 Å².